The molecule has 1 N–H and O–H groups in total. The second kappa shape index (κ2) is 5.51. The number of esters is 1. The molecule has 2 aliphatic rings. The van der Waals surface area contributed by atoms with E-state index in [2.05, 4.69) is 20.4 Å². The number of rotatable bonds is 1. The van der Waals surface area contributed by atoms with E-state index in [0.717, 1.165) is 44.1 Å². The molecule has 2 fully saturated rings. The zero-order valence-corrected chi connectivity index (χ0v) is 13.1. The highest BCUT2D eigenvalue weighted by molar-refractivity contribution is 5.66. The quantitative estimate of drug-likeness (QED) is 0.589. The number of ether oxygens (including phenoxy) is 1. The summed E-state index contributed by atoms with van der Waals surface area (Å²) in [5, 5.41) is 11.1. The summed E-state index contributed by atoms with van der Waals surface area (Å²) in [6.45, 7) is 10.0. The van der Waals surface area contributed by atoms with Crippen molar-refractivity contribution in [1.82, 2.24) is 0 Å². The Kier molecular flexibility index (Phi) is 4.29. The number of carbonyl (C=O) groups is 1. The number of carbonyl (C=O) groups excluding carboxylic acids is 1. The maximum absolute atomic E-state index is 11.4. The molecular weight excluding hydrogens is 252 g/mol. The topological polar surface area (TPSA) is 46.5 Å². The summed E-state index contributed by atoms with van der Waals surface area (Å²) in [5.41, 5.74) is 0.465. The average Bonchev–Trinajstić information content (AvgIpc) is 2.24. The summed E-state index contributed by atoms with van der Waals surface area (Å²) in [7, 11) is 0. The van der Waals surface area contributed by atoms with E-state index in [9.17, 15) is 9.90 Å². The van der Waals surface area contributed by atoms with Crippen LogP contribution in [0.2, 0.25) is 0 Å². The number of fused-ring (bicyclic) bond motifs is 1. The summed E-state index contributed by atoms with van der Waals surface area (Å²) in [6, 6.07) is 0. The van der Waals surface area contributed by atoms with Crippen LogP contribution in [0.4, 0.5) is 0 Å². The van der Waals surface area contributed by atoms with Gasteiger partial charge < -0.3 is 9.84 Å². The monoisotopic (exact) mass is 280 g/mol. The smallest absolute Gasteiger partial charge is 0.302 e. The van der Waals surface area contributed by atoms with Crippen molar-refractivity contribution >= 4 is 5.97 Å². The molecular formula is C17H28O3. The molecule has 2 aliphatic carbocycles. The van der Waals surface area contributed by atoms with Crippen molar-refractivity contribution in [3.8, 4) is 0 Å². The maximum Gasteiger partial charge on any atom is 0.302 e. The van der Waals surface area contributed by atoms with Gasteiger partial charge in [0.2, 0.25) is 0 Å². The Bertz CT molecular complexity index is 399. The van der Waals surface area contributed by atoms with E-state index in [1.165, 1.54) is 6.92 Å². The molecule has 0 aromatic heterocycles. The van der Waals surface area contributed by atoms with Crippen molar-refractivity contribution in [2.45, 2.75) is 77.4 Å². The minimum Gasteiger partial charge on any atom is -0.462 e. The molecule has 0 heterocycles. The highest BCUT2D eigenvalue weighted by Gasteiger charge is 2.47. The Balaban J connectivity index is 2.30. The Morgan fingerprint density at radius 1 is 1.35 bits per heavy atom. The van der Waals surface area contributed by atoms with E-state index >= 15 is 0 Å². The van der Waals surface area contributed by atoms with E-state index in [0.29, 0.717) is 6.42 Å². The highest BCUT2D eigenvalue weighted by Crippen LogP contribution is 2.48. The van der Waals surface area contributed by atoms with Crippen LogP contribution in [0.3, 0.4) is 0 Å². The van der Waals surface area contributed by atoms with E-state index < -0.39 is 5.60 Å². The normalized spacial score (nSPS) is 37.5. The molecule has 3 atom stereocenters. The van der Waals surface area contributed by atoms with Crippen LogP contribution in [0.25, 0.3) is 0 Å². The van der Waals surface area contributed by atoms with Gasteiger partial charge in [0.1, 0.15) is 6.10 Å². The van der Waals surface area contributed by atoms with Gasteiger partial charge in [-0.25, -0.2) is 0 Å². The molecule has 2 rings (SSSR count). The summed E-state index contributed by atoms with van der Waals surface area (Å²) in [4.78, 5) is 11.4. The standard InChI is InChI=1S/C17H28O3/c1-12-9-16(3,4)11-15(20-13(2)18)14-7-5-6-8-17(14,19)10-12/h14-15,19H,1,5-11H2,2-4H3/t14-,15-,17+/m1/s1. The molecule has 0 bridgehead atoms. The lowest BCUT2D eigenvalue weighted by atomic mass is 9.63. The van der Waals surface area contributed by atoms with Crippen LogP contribution in [0.5, 0.6) is 0 Å². The molecule has 0 unspecified atom stereocenters. The molecule has 0 radical (unpaired) electrons. The largest absolute Gasteiger partial charge is 0.462 e. The first-order chi connectivity index (χ1) is 9.22. The van der Waals surface area contributed by atoms with Gasteiger partial charge >= 0.3 is 5.97 Å². The van der Waals surface area contributed by atoms with Crippen LogP contribution in [-0.4, -0.2) is 22.8 Å². The van der Waals surface area contributed by atoms with E-state index in [1.54, 1.807) is 0 Å². The van der Waals surface area contributed by atoms with Gasteiger partial charge in [-0.2, -0.15) is 0 Å². The Morgan fingerprint density at radius 2 is 2.05 bits per heavy atom. The van der Waals surface area contributed by atoms with Gasteiger partial charge in [0.25, 0.3) is 0 Å². The molecule has 3 heteroatoms. The zero-order chi connectivity index (χ0) is 15.0. The molecule has 0 aromatic rings. The zero-order valence-electron chi connectivity index (χ0n) is 13.1. The second-order valence-corrected chi connectivity index (χ2v) is 7.58. The third kappa shape index (κ3) is 3.43. The molecule has 2 saturated carbocycles. The molecule has 20 heavy (non-hydrogen) atoms. The second-order valence-electron chi connectivity index (χ2n) is 7.58. The fourth-order valence-corrected chi connectivity index (χ4v) is 4.27. The summed E-state index contributed by atoms with van der Waals surface area (Å²) in [6.07, 6.45) is 6.08. The highest BCUT2D eigenvalue weighted by atomic mass is 16.5. The van der Waals surface area contributed by atoms with E-state index in [-0.39, 0.29) is 23.4 Å². The van der Waals surface area contributed by atoms with Gasteiger partial charge in [0, 0.05) is 12.8 Å². The number of hydrogen-bond acceptors (Lipinski definition) is 3. The van der Waals surface area contributed by atoms with Gasteiger partial charge in [-0.05, 0) is 37.5 Å². The van der Waals surface area contributed by atoms with Gasteiger partial charge in [0.05, 0.1) is 5.60 Å². The van der Waals surface area contributed by atoms with Crippen LogP contribution >= 0.6 is 0 Å². The van der Waals surface area contributed by atoms with Crippen molar-refractivity contribution < 1.29 is 14.6 Å². The Hall–Kier alpha value is -0.830. The van der Waals surface area contributed by atoms with Gasteiger partial charge in [-0.3, -0.25) is 4.79 Å². The van der Waals surface area contributed by atoms with Gasteiger partial charge in [-0.1, -0.05) is 38.8 Å². The van der Waals surface area contributed by atoms with Crippen molar-refractivity contribution in [3.05, 3.63) is 12.2 Å². The Labute approximate surface area is 122 Å². The van der Waals surface area contributed by atoms with Crippen molar-refractivity contribution in [2.75, 3.05) is 0 Å². The lowest BCUT2D eigenvalue weighted by molar-refractivity contribution is -0.165. The van der Waals surface area contributed by atoms with Crippen molar-refractivity contribution in [1.29, 1.82) is 0 Å². The van der Waals surface area contributed by atoms with Crippen LogP contribution in [0.15, 0.2) is 12.2 Å². The Morgan fingerprint density at radius 3 is 2.70 bits per heavy atom. The fraction of sp³-hybridized carbons (Fsp3) is 0.824. The molecule has 0 amide bonds. The van der Waals surface area contributed by atoms with Crippen LogP contribution in [-0.2, 0) is 9.53 Å². The van der Waals surface area contributed by atoms with Crippen molar-refractivity contribution in [3.63, 3.8) is 0 Å². The first kappa shape index (κ1) is 15.6. The summed E-state index contributed by atoms with van der Waals surface area (Å²) in [5.74, 6) is -0.186. The molecule has 0 aromatic carbocycles. The molecule has 0 saturated heterocycles. The lowest BCUT2D eigenvalue weighted by Crippen LogP contribution is -2.50. The van der Waals surface area contributed by atoms with Gasteiger partial charge in [0.15, 0.2) is 0 Å². The molecule has 114 valence electrons. The summed E-state index contributed by atoms with van der Waals surface area (Å²) < 4.78 is 5.60. The van der Waals surface area contributed by atoms with E-state index in [4.69, 9.17) is 4.74 Å². The van der Waals surface area contributed by atoms with Crippen LogP contribution < -0.4 is 0 Å². The van der Waals surface area contributed by atoms with Crippen molar-refractivity contribution in [2.24, 2.45) is 11.3 Å². The fourth-order valence-electron chi connectivity index (χ4n) is 4.27. The first-order valence-corrected chi connectivity index (χ1v) is 7.78. The third-order valence-corrected chi connectivity index (χ3v) is 4.87. The minimum atomic E-state index is -0.730. The average molecular weight is 280 g/mol. The van der Waals surface area contributed by atoms with E-state index in [1.807, 2.05) is 0 Å². The molecule has 3 nitrogen and oxygen atoms in total. The van der Waals surface area contributed by atoms with Crippen LogP contribution in [0, 0.1) is 11.3 Å². The number of aliphatic hydroxyl groups is 1. The predicted molar refractivity (Wildman–Crippen MR) is 79.2 cm³/mol. The summed E-state index contributed by atoms with van der Waals surface area (Å²) >= 11 is 0. The van der Waals surface area contributed by atoms with Gasteiger partial charge in [-0.15, -0.1) is 0 Å². The molecule has 0 spiro atoms. The predicted octanol–water partition coefficient (Wildman–Crippen LogP) is 3.61. The first-order valence-electron chi connectivity index (χ1n) is 7.78. The van der Waals surface area contributed by atoms with Crippen LogP contribution in [0.1, 0.15) is 65.7 Å². The third-order valence-electron chi connectivity index (χ3n) is 4.87. The maximum atomic E-state index is 11.4. The number of hydrogen-bond donors (Lipinski definition) is 1. The minimum absolute atomic E-state index is 0.0523. The molecule has 0 aliphatic heterocycles. The SMILES string of the molecule is C=C1CC(C)(C)C[C@@H](OC(C)=O)[C@H]2CCCC[C@]2(O)C1. The lowest BCUT2D eigenvalue weighted by Gasteiger charge is -2.48.